The van der Waals surface area contributed by atoms with Crippen LogP contribution in [0.15, 0.2) is 0 Å². The van der Waals surface area contributed by atoms with Crippen LogP contribution in [0.1, 0.15) is 356 Å². The summed E-state index contributed by atoms with van der Waals surface area (Å²) in [6.45, 7) is 9.47. The number of unbranched alkanes of at least 4 members (excludes halogenated alkanes) is 38. The number of hydrogen-bond acceptors (Lipinski definition) is 15. The molecule has 3 N–H and O–H groups in total. The zero-order valence-electron chi connectivity index (χ0n) is 57.7. The summed E-state index contributed by atoms with van der Waals surface area (Å²) in [5, 5.41) is 10.6. The maximum absolute atomic E-state index is 13.0. The summed E-state index contributed by atoms with van der Waals surface area (Å²) in [5.74, 6) is -0.593. The van der Waals surface area contributed by atoms with Crippen LogP contribution in [-0.4, -0.2) is 96.7 Å². The lowest BCUT2D eigenvalue weighted by molar-refractivity contribution is -0.161. The SMILES string of the molecule is CCCCCCCCCCCCCC(=O)OC[C@H](COP(=O)(O)OC[C@@H](O)COP(=O)(O)OC[C@@H](COC(=O)CCCCCCCCC)OC(=O)CCCCCCCCC(C)C)OC(=O)CCCCCCCCCCCCCCCCCCCCC(C)CC. The van der Waals surface area contributed by atoms with Gasteiger partial charge in [0.15, 0.2) is 12.2 Å². The fourth-order valence-corrected chi connectivity index (χ4v) is 12.1. The molecule has 0 radical (unpaired) electrons. The van der Waals surface area contributed by atoms with Gasteiger partial charge in [0.1, 0.15) is 19.3 Å². The van der Waals surface area contributed by atoms with Crippen molar-refractivity contribution in [3.63, 3.8) is 0 Å². The van der Waals surface area contributed by atoms with Gasteiger partial charge in [0.2, 0.25) is 0 Å². The molecule has 0 fully saturated rings. The van der Waals surface area contributed by atoms with E-state index in [1.807, 2.05) is 0 Å². The molecule has 0 heterocycles. The molecular weight excluding hydrogens is 1170 g/mol. The van der Waals surface area contributed by atoms with Crippen LogP contribution in [0.5, 0.6) is 0 Å². The molecule has 0 aliphatic carbocycles. The van der Waals surface area contributed by atoms with Crippen LogP contribution in [0.3, 0.4) is 0 Å². The number of phosphoric ester groups is 2. The van der Waals surface area contributed by atoms with Crippen LogP contribution >= 0.6 is 15.6 Å². The lowest BCUT2D eigenvalue weighted by atomic mass is 9.99. The third-order valence-electron chi connectivity index (χ3n) is 16.6. The monoisotopic (exact) mass is 1310 g/mol. The van der Waals surface area contributed by atoms with Gasteiger partial charge in [-0.15, -0.1) is 0 Å². The predicted molar refractivity (Wildman–Crippen MR) is 358 cm³/mol. The highest BCUT2D eigenvalue weighted by molar-refractivity contribution is 7.47. The van der Waals surface area contributed by atoms with Crippen molar-refractivity contribution in [2.75, 3.05) is 39.6 Å². The van der Waals surface area contributed by atoms with E-state index < -0.39 is 97.5 Å². The Bertz CT molecular complexity index is 1740. The Labute approximate surface area is 543 Å². The average molecular weight is 1310 g/mol. The van der Waals surface area contributed by atoms with E-state index in [9.17, 15) is 43.2 Å². The first kappa shape index (κ1) is 87.1. The van der Waals surface area contributed by atoms with E-state index >= 15 is 0 Å². The second kappa shape index (κ2) is 62.2. The molecule has 0 aliphatic heterocycles. The quantitative estimate of drug-likeness (QED) is 0.0222. The van der Waals surface area contributed by atoms with E-state index in [0.717, 1.165) is 109 Å². The van der Waals surface area contributed by atoms with Crippen molar-refractivity contribution in [1.29, 1.82) is 0 Å². The fraction of sp³-hybridized carbons (Fsp3) is 0.943. The van der Waals surface area contributed by atoms with E-state index in [4.69, 9.17) is 37.0 Å². The minimum Gasteiger partial charge on any atom is -0.462 e. The van der Waals surface area contributed by atoms with E-state index in [-0.39, 0.29) is 25.7 Å². The summed E-state index contributed by atoms with van der Waals surface area (Å²) in [6, 6.07) is 0. The van der Waals surface area contributed by atoms with E-state index in [1.54, 1.807) is 0 Å². The first-order valence-corrected chi connectivity index (χ1v) is 39.5. The van der Waals surface area contributed by atoms with Gasteiger partial charge >= 0.3 is 39.5 Å². The number of ether oxygens (including phenoxy) is 4. The molecular formula is C70H136O17P2. The van der Waals surface area contributed by atoms with Crippen LogP contribution in [0.2, 0.25) is 0 Å². The maximum Gasteiger partial charge on any atom is 0.472 e. The van der Waals surface area contributed by atoms with Crippen LogP contribution in [0.25, 0.3) is 0 Å². The van der Waals surface area contributed by atoms with Gasteiger partial charge in [0.05, 0.1) is 26.4 Å². The summed E-state index contributed by atoms with van der Waals surface area (Å²) in [4.78, 5) is 72.3. The third kappa shape index (κ3) is 63.2. The molecule has 19 heteroatoms. The van der Waals surface area contributed by atoms with Crippen molar-refractivity contribution in [1.82, 2.24) is 0 Å². The molecule has 0 spiro atoms. The third-order valence-corrected chi connectivity index (χ3v) is 18.5. The van der Waals surface area contributed by atoms with Gasteiger partial charge in [-0.05, 0) is 37.5 Å². The Hall–Kier alpha value is -1.94. The van der Waals surface area contributed by atoms with Crippen LogP contribution < -0.4 is 0 Å². The molecule has 0 saturated carbocycles. The predicted octanol–water partition coefficient (Wildman–Crippen LogP) is 20.0. The molecule has 0 aromatic rings. The number of esters is 4. The molecule has 0 aromatic carbocycles. The second-order valence-electron chi connectivity index (χ2n) is 26.0. The maximum atomic E-state index is 13.0. The average Bonchev–Trinajstić information content (AvgIpc) is 3.72. The summed E-state index contributed by atoms with van der Waals surface area (Å²) in [6.07, 6.45) is 47.6. The Morgan fingerprint density at radius 1 is 0.326 bits per heavy atom. The highest BCUT2D eigenvalue weighted by Gasteiger charge is 2.30. The molecule has 0 rings (SSSR count). The van der Waals surface area contributed by atoms with Gasteiger partial charge < -0.3 is 33.8 Å². The molecule has 0 saturated heterocycles. The highest BCUT2D eigenvalue weighted by Crippen LogP contribution is 2.45. The van der Waals surface area contributed by atoms with Crippen molar-refractivity contribution in [3.8, 4) is 0 Å². The van der Waals surface area contributed by atoms with Gasteiger partial charge in [-0.1, -0.05) is 305 Å². The number of carbonyl (C=O) groups is 4. The second-order valence-corrected chi connectivity index (χ2v) is 28.9. The zero-order chi connectivity index (χ0) is 65.7. The molecule has 6 atom stereocenters. The first-order valence-electron chi connectivity index (χ1n) is 36.5. The lowest BCUT2D eigenvalue weighted by Gasteiger charge is -2.21. The summed E-state index contributed by atoms with van der Waals surface area (Å²) in [7, 11) is -9.89. The number of aliphatic hydroxyl groups excluding tert-OH is 1. The standard InChI is InChI=1S/C70H136O17P2/c1-7-10-12-14-16-17-26-30-34-41-47-53-68(73)81-59-65(86-69(74)54-48-42-35-31-28-25-23-21-19-18-20-22-24-27-29-33-39-45-51-63(6)9-3)60-84-88(76,77)82-56-64(71)57-83-89(78,79)85-61-66(58-80-67(72)52-46-40-32-15-13-11-8-2)87-70(75)55-49-43-37-36-38-44-50-62(4)5/h62-66,71H,7-61H2,1-6H3,(H,76,77)(H,78,79)/t63?,64-,65-,66-/m1/s1. The first-order chi connectivity index (χ1) is 42.9. The molecule has 0 aliphatic rings. The van der Waals surface area contributed by atoms with Gasteiger partial charge in [-0.2, -0.15) is 0 Å². The molecule has 528 valence electrons. The number of aliphatic hydroxyl groups is 1. The van der Waals surface area contributed by atoms with Crippen LogP contribution in [-0.2, 0) is 65.4 Å². The Kier molecular flexibility index (Phi) is 60.8. The summed E-state index contributed by atoms with van der Waals surface area (Å²) >= 11 is 0. The van der Waals surface area contributed by atoms with E-state index in [2.05, 4.69) is 41.5 Å². The van der Waals surface area contributed by atoms with E-state index in [1.165, 1.54) is 161 Å². The summed E-state index contributed by atoms with van der Waals surface area (Å²) < 4.78 is 68.1. The fourth-order valence-electron chi connectivity index (χ4n) is 10.6. The van der Waals surface area contributed by atoms with Crippen LogP contribution in [0.4, 0.5) is 0 Å². The number of phosphoric acid groups is 2. The van der Waals surface area contributed by atoms with Crippen LogP contribution in [0, 0.1) is 11.8 Å². The Morgan fingerprint density at radius 3 is 0.854 bits per heavy atom. The van der Waals surface area contributed by atoms with Gasteiger partial charge in [-0.3, -0.25) is 37.3 Å². The minimum absolute atomic E-state index is 0.102. The molecule has 0 amide bonds. The van der Waals surface area contributed by atoms with E-state index in [0.29, 0.717) is 31.6 Å². The van der Waals surface area contributed by atoms with Crippen molar-refractivity contribution in [2.24, 2.45) is 11.8 Å². The molecule has 17 nitrogen and oxygen atoms in total. The van der Waals surface area contributed by atoms with Gasteiger partial charge in [0.25, 0.3) is 0 Å². The normalized spacial score (nSPS) is 14.4. The minimum atomic E-state index is -4.95. The topological polar surface area (TPSA) is 237 Å². The van der Waals surface area contributed by atoms with Gasteiger partial charge in [0, 0.05) is 25.7 Å². The Morgan fingerprint density at radius 2 is 0.573 bits per heavy atom. The smallest absolute Gasteiger partial charge is 0.462 e. The number of carbonyl (C=O) groups excluding carboxylic acids is 4. The molecule has 0 bridgehead atoms. The summed E-state index contributed by atoms with van der Waals surface area (Å²) in [5.41, 5.74) is 0. The van der Waals surface area contributed by atoms with Crippen molar-refractivity contribution in [2.45, 2.75) is 374 Å². The molecule has 0 aromatic heterocycles. The Balaban J connectivity index is 5.10. The lowest BCUT2D eigenvalue weighted by Crippen LogP contribution is -2.30. The highest BCUT2D eigenvalue weighted by atomic mass is 31.2. The van der Waals surface area contributed by atoms with Crippen molar-refractivity contribution in [3.05, 3.63) is 0 Å². The zero-order valence-corrected chi connectivity index (χ0v) is 59.5. The van der Waals surface area contributed by atoms with Crippen molar-refractivity contribution >= 4 is 39.5 Å². The molecule has 3 unspecified atom stereocenters. The van der Waals surface area contributed by atoms with Gasteiger partial charge in [-0.25, -0.2) is 9.13 Å². The van der Waals surface area contributed by atoms with Crippen molar-refractivity contribution < 1.29 is 80.2 Å². The number of rotatable bonds is 69. The largest absolute Gasteiger partial charge is 0.472 e. The molecule has 89 heavy (non-hydrogen) atoms. The number of hydrogen-bond donors (Lipinski definition) is 3.